The zero-order valence-corrected chi connectivity index (χ0v) is 16.5. The maximum atomic E-state index is 6.05. The van der Waals surface area contributed by atoms with E-state index in [0.29, 0.717) is 16.8 Å². The molecule has 0 atom stereocenters. The molecule has 0 saturated carbocycles. The summed E-state index contributed by atoms with van der Waals surface area (Å²) >= 11 is 17.8. The first kappa shape index (κ1) is 19.1. The molecule has 1 aromatic heterocycles. The Hall–Kier alpha value is -1.68. The van der Waals surface area contributed by atoms with Gasteiger partial charge in [-0.2, -0.15) is 0 Å². The molecular formula is C20H20Cl3N3. The molecule has 0 aliphatic heterocycles. The quantitative estimate of drug-likeness (QED) is 0.478. The van der Waals surface area contributed by atoms with Gasteiger partial charge in [-0.3, -0.25) is 4.98 Å². The minimum absolute atomic E-state index is 0.583. The summed E-state index contributed by atoms with van der Waals surface area (Å²) in [5, 5.41) is 5.23. The number of nitrogens with zero attached hydrogens (tertiary/aromatic N) is 2. The first-order valence-electron chi connectivity index (χ1n) is 8.45. The number of aromatic nitrogens is 1. The van der Waals surface area contributed by atoms with Crippen molar-refractivity contribution in [3.8, 4) is 0 Å². The van der Waals surface area contributed by atoms with Crippen molar-refractivity contribution in [2.75, 3.05) is 35.1 Å². The van der Waals surface area contributed by atoms with E-state index in [1.807, 2.05) is 24.3 Å². The third-order valence-electron chi connectivity index (χ3n) is 4.20. The van der Waals surface area contributed by atoms with Crippen molar-refractivity contribution < 1.29 is 0 Å². The molecule has 6 heteroatoms. The van der Waals surface area contributed by atoms with Crippen molar-refractivity contribution >= 4 is 57.1 Å². The zero-order valence-electron chi connectivity index (χ0n) is 14.3. The molecule has 3 rings (SSSR count). The van der Waals surface area contributed by atoms with E-state index in [9.17, 15) is 0 Å². The van der Waals surface area contributed by atoms with Gasteiger partial charge in [0.2, 0.25) is 0 Å². The molecule has 0 radical (unpaired) electrons. The van der Waals surface area contributed by atoms with Gasteiger partial charge >= 0.3 is 0 Å². The largest absolute Gasteiger partial charge is 0.380 e. The fraction of sp³-hybridized carbons (Fsp3) is 0.250. The number of hydrogen-bond donors (Lipinski definition) is 1. The Morgan fingerprint density at radius 1 is 0.923 bits per heavy atom. The number of rotatable bonds is 8. The maximum Gasteiger partial charge on any atom is 0.0737 e. The molecule has 0 saturated heterocycles. The first-order chi connectivity index (χ1) is 12.7. The molecule has 0 aliphatic carbocycles. The normalized spacial score (nSPS) is 10.9. The van der Waals surface area contributed by atoms with Gasteiger partial charge in [0.25, 0.3) is 0 Å². The van der Waals surface area contributed by atoms with Gasteiger partial charge in [0, 0.05) is 59.4 Å². The Balaban J connectivity index is 1.70. The van der Waals surface area contributed by atoms with E-state index in [1.165, 1.54) is 5.56 Å². The number of pyridine rings is 1. The molecule has 0 unspecified atom stereocenters. The summed E-state index contributed by atoms with van der Waals surface area (Å²) in [6.45, 7) is 2.31. The van der Waals surface area contributed by atoms with Gasteiger partial charge in [-0.05, 0) is 42.0 Å². The van der Waals surface area contributed by atoms with Gasteiger partial charge in [-0.15, -0.1) is 23.2 Å². The summed E-state index contributed by atoms with van der Waals surface area (Å²) in [4.78, 5) is 6.56. The van der Waals surface area contributed by atoms with Gasteiger partial charge in [-0.25, -0.2) is 0 Å². The van der Waals surface area contributed by atoms with E-state index >= 15 is 0 Å². The van der Waals surface area contributed by atoms with Crippen LogP contribution >= 0.6 is 34.8 Å². The zero-order chi connectivity index (χ0) is 18.4. The van der Waals surface area contributed by atoms with Gasteiger partial charge in [0.15, 0.2) is 0 Å². The van der Waals surface area contributed by atoms with E-state index < -0.39 is 0 Å². The van der Waals surface area contributed by atoms with Crippen LogP contribution in [0.5, 0.6) is 0 Å². The van der Waals surface area contributed by atoms with Gasteiger partial charge in [-0.1, -0.05) is 23.7 Å². The van der Waals surface area contributed by atoms with Gasteiger partial charge < -0.3 is 10.2 Å². The smallest absolute Gasteiger partial charge is 0.0737 e. The van der Waals surface area contributed by atoms with Crippen LogP contribution < -0.4 is 10.2 Å². The highest BCUT2D eigenvalue weighted by atomic mass is 35.5. The number of nitrogens with one attached hydrogen (secondary N) is 1. The van der Waals surface area contributed by atoms with Crippen LogP contribution in [0.4, 0.5) is 11.4 Å². The molecule has 3 nitrogen and oxygen atoms in total. The molecule has 0 fully saturated rings. The highest BCUT2D eigenvalue weighted by Gasteiger charge is 2.06. The van der Waals surface area contributed by atoms with Crippen molar-refractivity contribution in [1.29, 1.82) is 0 Å². The lowest BCUT2D eigenvalue weighted by atomic mass is 10.1. The molecule has 3 aromatic rings. The van der Waals surface area contributed by atoms with Crippen molar-refractivity contribution in [2.45, 2.75) is 6.54 Å². The van der Waals surface area contributed by atoms with Crippen LogP contribution in [0.15, 0.2) is 54.7 Å². The number of fused-ring (bicyclic) bond motifs is 1. The Morgan fingerprint density at radius 3 is 2.35 bits per heavy atom. The fourth-order valence-electron chi connectivity index (χ4n) is 2.87. The average Bonchev–Trinajstić information content (AvgIpc) is 2.66. The minimum atomic E-state index is 0.583. The van der Waals surface area contributed by atoms with Crippen LogP contribution in [0, 0.1) is 0 Å². The number of anilines is 2. The predicted octanol–water partition coefficient (Wildman–Crippen LogP) is 5.78. The van der Waals surface area contributed by atoms with Crippen molar-refractivity contribution in [3.05, 3.63) is 65.3 Å². The molecule has 0 bridgehead atoms. The van der Waals surface area contributed by atoms with E-state index in [0.717, 1.165) is 41.9 Å². The predicted molar refractivity (Wildman–Crippen MR) is 114 cm³/mol. The molecule has 0 aliphatic rings. The first-order valence-corrected chi connectivity index (χ1v) is 9.90. The van der Waals surface area contributed by atoms with E-state index in [1.54, 1.807) is 6.20 Å². The Bertz CT molecular complexity index is 847. The SMILES string of the molecule is ClCCN(CCCl)c1ccc(CNc2ccnc3cc(Cl)ccc23)cc1. The van der Waals surface area contributed by atoms with E-state index in [2.05, 4.69) is 39.5 Å². The summed E-state index contributed by atoms with van der Waals surface area (Å²) in [5.74, 6) is 1.17. The van der Waals surface area contributed by atoms with Gasteiger partial charge in [0.1, 0.15) is 0 Å². The lowest BCUT2D eigenvalue weighted by molar-refractivity contribution is 0.873. The van der Waals surface area contributed by atoms with Crippen molar-refractivity contribution in [3.63, 3.8) is 0 Å². The molecule has 1 N–H and O–H groups in total. The number of alkyl halides is 2. The summed E-state index contributed by atoms with van der Waals surface area (Å²) < 4.78 is 0. The van der Waals surface area contributed by atoms with Crippen LogP contribution in [0.3, 0.4) is 0 Å². The molecule has 26 heavy (non-hydrogen) atoms. The van der Waals surface area contributed by atoms with Crippen molar-refractivity contribution in [1.82, 2.24) is 4.98 Å². The topological polar surface area (TPSA) is 28.2 Å². The second-order valence-corrected chi connectivity index (χ2v) is 7.10. The standard InChI is InChI=1S/C20H20Cl3N3/c21-8-11-26(12-9-22)17-4-1-15(2-5-17)14-25-19-7-10-24-20-13-16(23)3-6-18(19)20/h1-7,10,13H,8-9,11-12,14H2,(H,24,25). The minimum Gasteiger partial charge on any atom is -0.380 e. The third kappa shape index (κ3) is 4.73. The average molecular weight is 409 g/mol. The van der Waals surface area contributed by atoms with Crippen molar-refractivity contribution in [2.24, 2.45) is 0 Å². The summed E-state index contributed by atoms with van der Waals surface area (Å²) in [6.07, 6.45) is 1.79. The molecule has 2 aromatic carbocycles. The monoisotopic (exact) mass is 407 g/mol. The Labute approximate surface area is 168 Å². The van der Waals surface area contributed by atoms with Crippen LogP contribution in [0.1, 0.15) is 5.56 Å². The molecule has 1 heterocycles. The van der Waals surface area contributed by atoms with Crippen LogP contribution in [-0.2, 0) is 6.54 Å². The number of halogens is 3. The number of benzene rings is 2. The lowest BCUT2D eigenvalue weighted by Crippen LogP contribution is -2.27. The van der Waals surface area contributed by atoms with Crippen LogP contribution in [-0.4, -0.2) is 29.8 Å². The maximum absolute atomic E-state index is 6.05. The highest BCUT2D eigenvalue weighted by Crippen LogP contribution is 2.25. The molecule has 0 amide bonds. The van der Waals surface area contributed by atoms with Gasteiger partial charge in [0.05, 0.1) is 5.52 Å². The summed E-state index contributed by atoms with van der Waals surface area (Å²) in [7, 11) is 0. The summed E-state index contributed by atoms with van der Waals surface area (Å²) in [5.41, 5.74) is 4.26. The third-order valence-corrected chi connectivity index (χ3v) is 4.77. The fourth-order valence-corrected chi connectivity index (χ4v) is 3.45. The molecular weight excluding hydrogens is 389 g/mol. The van der Waals surface area contributed by atoms with Crippen LogP contribution in [0.2, 0.25) is 5.02 Å². The van der Waals surface area contributed by atoms with E-state index in [-0.39, 0.29) is 0 Å². The Morgan fingerprint density at radius 2 is 1.65 bits per heavy atom. The summed E-state index contributed by atoms with van der Waals surface area (Å²) in [6, 6.07) is 16.2. The molecule has 0 spiro atoms. The molecule has 136 valence electrons. The Kier molecular flexibility index (Phi) is 6.84. The number of hydrogen-bond acceptors (Lipinski definition) is 3. The van der Waals surface area contributed by atoms with E-state index in [4.69, 9.17) is 34.8 Å². The van der Waals surface area contributed by atoms with Crippen LogP contribution in [0.25, 0.3) is 10.9 Å². The highest BCUT2D eigenvalue weighted by molar-refractivity contribution is 6.31. The second-order valence-electron chi connectivity index (χ2n) is 5.90. The second kappa shape index (κ2) is 9.31. The lowest BCUT2D eigenvalue weighted by Gasteiger charge is -2.23.